The Hall–Kier alpha value is -1.29. The first-order valence-corrected chi connectivity index (χ1v) is 5.79. The molecule has 0 spiro atoms. The minimum absolute atomic E-state index is 0.148. The average molecular weight is 223 g/mol. The Morgan fingerprint density at radius 1 is 1.20 bits per heavy atom. The molecule has 1 aliphatic rings. The number of pyridine rings is 1. The maximum atomic E-state index is 12.7. The first kappa shape index (κ1) is 10.2. The van der Waals surface area contributed by atoms with Crippen LogP contribution in [0.1, 0.15) is 12.8 Å². The monoisotopic (exact) mass is 223 g/mol. The highest BCUT2D eigenvalue weighted by molar-refractivity contribution is 7.89. The number of allylic oxidation sites excluding steroid dienone is 4. The molecule has 15 heavy (non-hydrogen) atoms. The molecule has 1 heterocycles. The second kappa shape index (κ2) is 4.49. The third kappa shape index (κ3) is 2.39. The van der Waals surface area contributed by atoms with E-state index in [4.69, 9.17) is 0 Å². The molecule has 0 N–H and O–H groups in total. The van der Waals surface area contributed by atoms with E-state index in [0.29, 0.717) is 17.7 Å². The molecule has 0 saturated heterocycles. The van der Waals surface area contributed by atoms with Crippen LogP contribution in [0.2, 0.25) is 0 Å². The quantitative estimate of drug-likeness (QED) is 0.771. The summed E-state index contributed by atoms with van der Waals surface area (Å²) < 4.78 is 24.7. The smallest absolute Gasteiger partial charge is 0.100 e. The molecule has 0 aliphatic heterocycles. The Morgan fingerprint density at radius 3 is 2.53 bits per heavy atom. The summed E-state index contributed by atoms with van der Waals surface area (Å²) in [6.07, 6.45) is 7.08. The Bertz CT molecular complexity index is 439. The maximum absolute atomic E-state index is 12.7. The predicted molar refractivity (Wildman–Crippen MR) is 57.2 cm³/mol. The lowest BCUT2D eigenvalue weighted by Gasteiger charge is -2.09. The Labute approximate surface area is 90.0 Å². The summed E-state index contributed by atoms with van der Waals surface area (Å²) in [6, 6.07) is 3.43. The first-order valence-electron chi connectivity index (χ1n) is 4.64. The third-order valence-corrected chi connectivity index (χ3v) is 3.68. The van der Waals surface area contributed by atoms with E-state index in [1.807, 2.05) is 0 Å². The van der Waals surface area contributed by atoms with Gasteiger partial charge >= 0.3 is 0 Å². The fraction of sp³-hybridized carbons (Fsp3) is 0.182. The molecule has 0 aromatic carbocycles. The third-order valence-electron chi connectivity index (χ3n) is 2.16. The van der Waals surface area contributed by atoms with Crippen LogP contribution >= 0.6 is 0 Å². The second-order valence-corrected chi connectivity index (χ2v) is 4.73. The Morgan fingerprint density at radius 2 is 1.93 bits per heavy atom. The van der Waals surface area contributed by atoms with Crippen molar-refractivity contribution in [3.05, 3.63) is 47.4 Å². The van der Waals surface area contributed by atoms with Gasteiger partial charge in [-0.15, -0.1) is 0 Å². The van der Waals surface area contributed by atoms with Crippen LogP contribution in [0, 0.1) is 0 Å². The number of aromatic nitrogens is 1. The molecule has 1 atom stereocenters. The summed E-state index contributed by atoms with van der Waals surface area (Å²) >= 11 is 0. The van der Waals surface area contributed by atoms with Gasteiger partial charge in [-0.25, -0.2) is 8.60 Å². The molecule has 78 valence electrons. The normalized spacial score (nSPS) is 17.9. The van der Waals surface area contributed by atoms with Crippen molar-refractivity contribution >= 4 is 10.8 Å². The second-order valence-electron chi connectivity index (χ2n) is 3.20. The zero-order chi connectivity index (χ0) is 10.7. The fourth-order valence-electron chi connectivity index (χ4n) is 1.36. The van der Waals surface area contributed by atoms with Gasteiger partial charge in [0.05, 0.1) is 10.8 Å². The summed E-state index contributed by atoms with van der Waals surface area (Å²) in [4.78, 5) is 5.34. The zero-order valence-electron chi connectivity index (χ0n) is 8.02. The van der Waals surface area contributed by atoms with Gasteiger partial charge in [-0.05, 0) is 30.7 Å². The lowest BCUT2D eigenvalue weighted by atomic mass is 10.2. The van der Waals surface area contributed by atoms with Crippen molar-refractivity contribution in [1.29, 1.82) is 0 Å². The Kier molecular flexibility index (Phi) is 3.06. The minimum atomic E-state index is -1.17. The van der Waals surface area contributed by atoms with Crippen LogP contribution in [0.3, 0.4) is 0 Å². The lowest BCUT2D eigenvalue weighted by molar-refractivity contribution is 0.585. The van der Waals surface area contributed by atoms with Gasteiger partial charge in [0.2, 0.25) is 0 Å². The number of hydrogen-bond donors (Lipinski definition) is 0. The van der Waals surface area contributed by atoms with E-state index in [0.717, 1.165) is 4.91 Å². The van der Waals surface area contributed by atoms with Gasteiger partial charge in [0.15, 0.2) is 0 Å². The van der Waals surface area contributed by atoms with Gasteiger partial charge in [-0.2, -0.15) is 0 Å². The molecule has 0 fully saturated rings. The van der Waals surface area contributed by atoms with Crippen LogP contribution in [0.5, 0.6) is 0 Å². The van der Waals surface area contributed by atoms with Crippen LogP contribution in [-0.2, 0) is 10.8 Å². The summed E-state index contributed by atoms with van der Waals surface area (Å²) in [7, 11) is -1.17. The van der Waals surface area contributed by atoms with E-state index in [9.17, 15) is 8.60 Å². The van der Waals surface area contributed by atoms with Crippen molar-refractivity contribution in [1.82, 2.24) is 4.98 Å². The molecule has 2 nitrogen and oxygen atoms in total. The molecule has 4 heteroatoms. The van der Waals surface area contributed by atoms with Crippen molar-refractivity contribution in [3.63, 3.8) is 0 Å². The molecule has 1 aliphatic carbocycles. The first-order chi connectivity index (χ1) is 7.27. The molecular formula is C11H10FNOS. The fourth-order valence-corrected chi connectivity index (χ4v) is 2.51. The summed E-state index contributed by atoms with van der Waals surface area (Å²) in [6.45, 7) is 0. The van der Waals surface area contributed by atoms with Crippen molar-refractivity contribution in [3.8, 4) is 0 Å². The van der Waals surface area contributed by atoms with Crippen LogP contribution in [-0.4, -0.2) is 9.19 Å². The molecule has 0 bridgehead atoms. The van der Waals surface area contributed by atoms with E-state index in [1.165, 1.54) is 6.08 Å². The van der Waals surface area contributed by atoms with Crippen molar-refractivity contribution in [2.24, 2.45) is 0 Å². The van der Waals surface area contributed by atoms with Gasteiger partial charge in [0.25, 0.3) is 0 Å². The highest BCUT2D eigenvalue weighted by Gasteiger charge is 2.13. The van der Waals surface area contributed by atoms with E-state index < -0.39 is 10.8 Å². The number of hydrogen-bond acceptors (Lipinski definition) is 2. The molecule has 0 radical (unpaired) electrons. The van der Waals surface area contributed by atoms with Crippen LogP contribution < -0.4 is 0 Å². The summed E-state index contributed by atoms with van der Waals surface area (Å²) in [5, 5.41) is 0. The van der Waals surface area contributed by atoms with Crippen LogP contribution in [0.4, 0.5) is 4.39 Å². The molecule has 0 amide bonds. The van der Waals surface area contributed by atoms with Gasteiger partial charge in [0, 0.05) is 28.6 Å². The van der Waals surface area contributed by atoms with E-state index in [1.54, 1.807) is 30.6 Å². The van der Waals surface area contributed by atoms with Gasteiger partial charge in [0.1, 0.15) is 5.83 Å². The van der Waals surface area contributed by atoms with Gasteiger partial charge in [-0.3, -0.25) is 4.98 Å². The van der Waals surface area contributed by atoms with E-state index >= 15 is 0 Å². The highest BCUT2D eigenvalue weighted by Crippen LogP contribution is 2.24. The SMILES string of the molecule is O=S(C1=CC=C(F)CC1)c1ccncc1. The number of halogens is 1. The standard InChI is InChI=1S/C11H10FNOS/c12-9-1-3-10(4-2-9)15(14)11-5-7-13-8-6-11/h1,3,5-8H,2,4H2. The number of nitrogens with zero attached hydrogens (tertiary/aromatic N) is 1. The van der Waals surface area contributed by atoms with Crippen LogP contribution in [0.25, 0.3) is 0 Å². The largest absolute Gasteiger partial charge is 0.265 e. The predicted octanol–water partition coefficient (Wildman–Crippen LogP) is 2.72. The van der Waals surface area contributed by atoms with Gasteiger partial charge in [-0.1, -0.05) is 0 Å². The summed E-state index contributed by atoms with van der Waals surface area (Å²) in [5.41, 5.74) is 0. The van der Waals surface area contributed by atoms with Crippen molar-refractivity contribution < 1.29 is 8.60 Å². The molecule has 1 aromatic heterocycles. The van der Waals surface area contributed by atoms with Crippen molar-refractivity contribution in [2.75, 3.05) is 0 Å². The topological polar surface area (TPSA) is 30.0 Å². The molecule has 1 unspecified atom stereocenters. The van der Waals surface area contributed by atoms with E-state index in [-0.39, 0.29) is 5.83 Å². The van der Waals surface area contributed by atoms with Crippen LogP contribution in [0.15, 0.2) is 52.3 Å². The maximum Gasteiger partial charge on any atom is 0.100 e. The Balaban J connectivity index is 2.23. The molecule has 1 aromatic rings. The molecule has 2 rings (SSSR count). The highest BCUT2D eigenvalue weighted by atomic mass is 32.2. The number of rotatable bonds is 2. The lowest BCUT2D eigenvalue weighted by Crippen LogP contribution is -1.99. The average Bonchev–Trinajstić information content (AvgIpc) is 2.30. The minimum Gasteiger partial charge on any atom is -0.265 e. The molecule has 0 saturated carbocycles. The zero-order valence-corrected chi connectivity index (χ0v) is 8.84. The summed E-state index contributed by atoms with van der Waals surface area (Å²) in [5.74, 6) is -0.148. The van der Waals surface area contributed by atoms with Gasteiger partial charge < -0.3 is 0 Å². The molecular weight excluding hydrogens is 213 g/mol. The van der Waals surface area contributed by atoms with Crippen molar-refractivity contribution in [2.45, 2.75) is 17.7 Å². The van der Waals surface area contributed by atoms with E-state index in [2.05, 4.69) is 4.98 Å².